The first-order valence-corrected chi connectivity index (χ1v) is 11.5. The number of para-hydroxylation sites is 1. The van der Waals surface area contributed by atoms with E-state index in [-0.39, 0.29) is 5.56 Å². The summed E-state index contributed by atoms with van der Waals surface area (Å²) in [7, 11) is 1.76. The van der Waals surface area contributed by atoms with Crippen molar-refractivity contribution < 1.29 is 0 Å². The Bertz CT molecular complexity index is 1520. The third-order valence-electron chi connectivity index (χ3n) is 5.73. The summed E-state index contributed by atoms with van der Waals surface area (Å²) in [5.41, 5.74) is 4.98. The van der Waals surface area contributed by atoms with Crippen molar-refractivity contribution in [1.29, 1.82) is 0 Å². The fourth-order valence-corrected chi connectivity index (χ4v) is 4.61. The first-order valence-electron chi connectivity index (χ1n) is 10.5. The summed E-state index contributed by atoms with van der Waals surface area (Å²) in [6, 6.07) is 17.6. The molecule has 3 aromatic heterocycles. The van der Waals surface area contributed by atoms with Crippen LogP contribution >= 0.6 is 11.8 Å². The van der Waals surface area contributed by atoms with E-state index in [4.69, 9.17) is 4.98 Å². The third kappa shape index (κ3) is 3.93. The number of benzene rings is 2. The maximum absolute atomic E-state index is 12.8. The molecular weight excluding hydrogens is 432 g/mol. The maximum Gasteiger partial charge on any atom is 0.261 e. The molecule has 0 unspecified atom stereocenters. The van der Waals surface area contributed by atoms with Gasteiger partial charge < -0.3 is 0 Å². The number of hydrogen-bond donors (Lipinski definition) is 0. The van der Waals surface area contributed by atoms with Crippen LogP contribution in [0.3, 0.4) is 0 Å². The monoisotopic (exact) mass is 454 g/mol. The molecule has 0 bridgehead atoms. The van der Waals surface area contributed by atoms with Crippen molar-refractivity contribution in [2.75, 3.05) is 0 Å². The number of aromatic nitrogens is 6. The highest BCUT2D eigenvalue weighted by molar-refractivity contribution is 7.98. The van der Waals surface area contributed by atoms with Crippen LogP contribution in [-0.2, 0) is 12.8 Å². The highest BCUT2D eigenvalue weighted by Crippen LogP contribution is 2.30. The Morgan fingerprint density at radius 2 is 1.73 bits per heavy atom. The average Bonchev–Trinajstić information content (AvgIpc) is 3.27. The lowest BCUT2D eigenvalue weighted by Gasteiger charge is -2.13. The Labute approximate surface area is 195 Å². The van der Waals surface area contributed by atoms with E-state index in [9.17, 15) is 4.79 Å². The summed E-state index contributed by atoms with van der Waals surface area (Å²) in [6.45, 7) is 4.19. The van der Waals surface area contributed by atoms with Crippen molar-refractivity contribution in [2.45, 2.75) is 24.8 Å². The van der Waals surface area contributed by atoms with Crippen molar-refractivity contribution in [3.63, 3.8) is 0 Å². The fraction of sp³-hybridized carbons (Fsp3) is 0.160. The van der Waals surface area contributed by atoms with Gasteiger partial charge in [0.2, 0.25) is 0 Å². The molecule has 164 valence electrons. The minimum atomic E-state index is -0.0516. The van der Waals surface area contributed by atoms with Gasteiger partial charge in [0.15, 0.2) is 11.0 Å². The summed E-state index contributed by atoms with van der Waals surface area (Å²) in [5, 5.41) is 10.3. The first-order chi connectivity index (χ1) is 16.0. The molecule has 3 heterocycles. The van der Waals surface area contributed by atoms with Gasteiger partial charge in [-0.05, 0) is 61.4 Å². The Kier molecular flexibility index (Phi) is 5.51. The van der Waals surface area contributed by atoms with Gasteiger partial charge >= 0.3 is 0 Å². The van der Waals surface area contributed by atoms with Crippen molar-refractivity contribution in [2.24, 2.45) is 7.05 Å². The highest BCUT2D eigenvalue weighted by atomic mass is 32.2. The van der Waals surface area contributed by atoms with Gasteiger partial charge in [0.05, 0.1) is 22.3 Å². The zero-order valence-electron chi connectivity index (χ0n) is 18.6. The van der Waals surface area contributed by atoms with Crippen LogP contribution in [0.4, 0.5) is 0 Å². The normalized spacial score (nSPS) is 11.2. The number of aryl methyl sites for hydroxylation is 2. The Morgan fingerprint density at radius 3 is 2.52 bits per heavy atom. The average molecular weight is 455 g/mol. The van der Waals surface area contributed by atoms with Crippen LogP contribution in [0.2, 0.25) is 0 Å². The summed E-state index contributed by atoms with van der Waals surface area (Å²) in [4.78, 5) is 21.6. The second kappa shape index (κ2) is 8.63. The van der Waals surface area contributed by atoms with E-state index in [0.29, 0.717) is 22.5 Å². The molecule has 0 saturated carbocycles. The highest BCUT2D eigenvalue weighted by Gasteiger charge is 2.18. The predicted octanol–water partition coefficient (Wildman–Crippen LogP) is 4.49. The Hall–Kier alpha value is -3.78. The molecule has 5 aromatic rings. The van der Waals surface area contributed by atoms with Gasteiger partial charge in [-0.2, -0.15) is 0 Å². The van der Waals surface area contributed by atoms with E-state index in [2.05, 4.69) is 47.2 Å². The Balaban J connectivity index is 1.57. The smallest absolute Gasteiger partial charge is 0.261 e. The number of pyridine rings is 1. The van der Waals surface area contributed by atoms with Crippen LogP contribution in [0.25, 0.3) is 28.0 Å². The number of fused-ring (bicyclic) bond motifs is 1. The Morgan fingerprint density at radius 1 is 0.939 bits per heavy atom. The van der Waals surface area contributed by atoms with Crippen LogP contribution in [0.5, 0.6) is 0 Å². The summed E-state index contributed by atoms with van der Waals surface area (Å²) in [5.74, 6) is 1.91. The quantitative estimate of drug-likeness (QED) is 0.364. The van der Waals surface area contributed by atoms with E-state index in [1.54, 1.807) is 30.1 Å². The fourth-order valence-electron chi connectivity index (χ4n) is 3.67. The topological polar surface area (TPSA) is 78.5 Å². The SMILES string of the molecule is Cc1ccc(-n2c(SCc3nc4ccccc4c(=O)n3C)nnc2-c2ccncc2)cc1C. The second-order valence-corrected chi connectivity index (χ2v) is 8.79. The zero-order chi connectivity index (χ0) is 22.9. The molecule has 5 rings (SSSR count). The van der Waals surface area contributed by atoms with E-state index >= 15 is 0 Å². The number of thioether (sulfide) groups is 1. The molecule has 0 N–H and O–H groups in total. The summed E-state index contributed by atoms with van der Waals surface area (Å²) in [6.07, 6.45) is 3.49. The van der Waals surface area contributed by atoms with Crippen LogP contribution in [0.1, 0.15) is 17.0 Å². The lowest BCUT2D eigenvalue weighted by molar-refractivity contribution is 0.782. The molecule has 8 heteroatoms. The zero-order valence-corrected chi connectivity index (χ0v) is 19.4. The second-order valence-electron chi connectivity index (χ2n) is 7.84. The van der Waals surface area contributed by atoms with Crippen molar-refractivity contribution in [3.8, 4) is 17.1 Å². The number of rotatable bonds is 5. The van der Waals surface area contributed by atoms with Gasteiger partial charge in [0, 0.05) is 25.0 Å². The largest absolute Gasteiger partial charge is 0.299 e. The van der Waals surface area contributed by atoms with Gasteiger partial charge in [0.25, 0.3) is 5.56 Å². The molecule has 0 radical (unpaired) electrons. The van der Waals surface area contributed by atoms with Crippen molar-refractivity contribution in [1.82, 2.24) is 29.3 Å². The molecule has 0 amide bonds. The summed E-state index contributed by atoms with van der Waals surface area (Å²) < 4.78 is 3.65. The molecule has 0 aliphatic carbocycles. The van der Waals surface area contributed by atoms with Crippen molar-refractivity contribution in [3.05, 3.63) is 94.3 Å². The molecule has 7 nitrogen and oxygen atoms in total. The molecule has 2 aromatic carbocycles. The standard InChI is InChI=1S/C25H22N6OS/c1-16-8-9-19(14-17(16)2)31-23(18-10-12-26-13-11-18)28-29-25(31)33-15-22-27-21-7-5-4-6-20(21)24(32)30(22)3/h4-14H,15H2,1-3H3. The van der Waals surface area contributed by atoms with Crippen molar-refractivity contribution >= 4 is 22.7 Å². The molecule has 0 saturated heterocycles. The molecule has 0 aliphatic heterocycles. The van der Waals surface area contributed by atoms with E-state index in [0.717, 1.165) is 22.2 Å². The molecular formula is C25H22N6OS. The lowest BCUT2D eigenvalue weighted by Crippen LogP contribution is -2.22. The molecule has 0 fully saturated rings. The van der Waals surface area contributed by atoms with Gasteiger partial charge in [0.1, 0.15) is 5.82 Å². The van der Waals surface area contributed by atoms with Crippen LogP contribution in [-0.4, -0.2) is 29.3 Å². The maximum atomic E-state index is 12.8. The van der Waals surface area contributed by atoms with E-state index in [1.165, 1.54) is 22.9 Å². The van der Waals surface area contributed by atoms with Gasteiger partial charge in [-0.15, -0.1) is 10.2 Å². The summed E-state index contributed by atoms with van der Waals surface area (Å²) >= 11 is 1.50. The first kappa shape index (κ1) is 21.1. The molecule has 33 heavy (non-hydrogen) atoms. The van der Waals surface area contributed by atoms with Crippen LogP contribution < -0.4 is 5.56 Å². The van der Waals surface area contributed by atoms with Gasteiger partial charge in [-0.1, -0.05) is 30.0 Å². The predicted molar refractivity (Wildman–Crippen MR) is 131 cm³/mol. The lowest BCUT2D eigenvalue weighted by atomic mass is 10.1. The van der Waals surface area contributed by atoms with Gasteiger partial charge in [-0.3, -0.25) is 18.9 Å². The van der Waals surface area contributed by atoms with Crippen LogP contribution in [0, 0.1) is 13.8 Å². The number of nitrogens with zero attached hydrogens (tertiary/aromatic N) is 6. The third-order valence-corrected chi connectivity index (χ3v) is 6.65. The molecule has 0 aliphatic rings. The molecule has 0 atom stereocenters. The van der Waals surface area contributed by atoms with E-state index in [1.807, 2.05) is 34.9 Å². The minimum absolute atomic E-state index is 0.0516. The van der Waals surface area contributed by atoms with Gasteiger partial charge in [-0.25, -0.2) is 4.98 Å². The van der Waals surface area contributed by atoms with Crippen LogP contribution in [0.15, 0.2) is 76.9 Å². The van der Waals surface area contributed by atoms with E-state index < -0.39 is 0 Å². The number of hydrogen-bond acceptors (Lipinski definition) is 6. The molecule has 0 spiro atoms. The minimum Gasteiger partial charge on any atom is -0.299 e.